The number of pyridine rings is 1. The summed E-state index contributed by atoms with van der Waals surface area (Å²) in [7, 11) is 0. The first-order valence-corrected chi connectivity index (χ1v) is 8.05. The molecule has 0 aliphatic carbocycles. The minimum atomic E-state index is -4.32. The van der Waals surface area contributed by atoms with Crippen LogP contribution in [0.2, 0.25) is 5.15 Å². The van der Waals surface area contributed by atoms with E-state index in [4.69, 9.17) is 11.6 Å². The van der Waals surface area contributed by atoms with Crippen molar-refractivity contribution in [3.63, 3.8) is 0 Å². The Morgan fingerprint density at radius 3 is 2.32 bits per heavy atom. The van der Waals surface area contributed by atoms with Crippen LogP contribution < -0.4 is 10.6 Å². The van der Waals surface area contributed by atoms with Crippen molar-refractivity contribution in [3.05, 3.63) is 64.4 Å². The fourth-order valence-electron chi connectivity index (χ4n) is 2.01. The molecule has 8 heteroatoms. The zero-order chi connectivity index (χ0) is 18.3. The number of aliphatic imine (C=N–C) groups is 1. The van der Waals surface area contributed by atoms with Gasteiger partial charge in [-0.05, 0) is 36.2 Å². The molecule has 0 atom stereocenters. The molecular weight excluding hydrogens is 353 g/mol. The van der Waals surface area contributed by atoms with Crippen molar-refractivity contribution < 1.29 is 13.2 Å². The number of hydrogen-bond donors (Lipinski definition) is 2. The molecule has 0 amide bonds. The zero-order valence-electron chi connectivity index (χ0n) is 13.6. The second-order valence-corrected chi connectivity index (χ2v) is 5.62. The van der Waals surface area contributed by atoms with Crippen LogP contribution in [0.5, 0.6) is 0 Å². The Bertz CT molecular complexity index is 697. The highest BCUT2D eigenvalue weighted by molar-refractivity contribution is 6.29. The Kier molecular flexibility index (Phi) is 6.64. The van der Waals surface area contributed by atoms with Gasteiger partial charge in [0.1, 0.15) is 5.15 Å². The van der Waals surface area contributed by atoms with E-state index in [1.165, 1.54) is 12.1 Å². The summed E-state index contributed by atoms with van der Waals surface area (Å²) in [6.07, 6.45) is -2.68. The normalized spacial score (nSPS) is 12.1. The van der Waals surface area contributed by atoms with Crippen molar-refractivity contribution in [2.75, 3.05) is 6.54 Å². The van der Waals surface area contributed by atoms with Gasteiger partial charge < -0.3 is 10.6 Å². The summed E-state index contributed by atoms with van der Waals surface area (Å²) < 4.78 is 37.7. The van der Waals surface area contributed by atoms with Crippen molar-refractivity contribution in [2.45, 2.75) is 26.2 Å². The van der Waals surface area contributed by atoms with Gasteiger partial charge >= 0.3 is 6.18 Å². The van der Waals surface area contributed by atoms with Gasteiger partial charge in [0.05, 0.1) is 12.1 Å². The summed E-state index contributed by atoms with van der Waals surface area (Å²) >= 11 is 5.74. The first-order valence-electron chi connectivity index (χ1n) is 7.67. The number of nitrogens with zero attached hydrogens (tertiary/aromatic N) is 2. The van der Waals surface area contributed by atoms with Gasteiger partial charge in [0.15, 0.2) is 5.96 Å². The van der Waals surface area contributed by atoms with Crippen molar-refractivity contribution in [3.8, 4) is 0 Å². The first kappa shape index (κ1) is 19.1. The summed E-state index contributed by atoms with van der Waals surface area (Å²) in [4.78, 5) is 8.40. The van der Waals surface area contributed by atoms with E-state index in [0.29, 0.717) is 30.7 Å². The molecule has 0 spiro atoms. The third kappa shape index (κ3) is 6.26. The Morgan fingerprint density at radius 2 is 1.76 bits per heavy atom. The molecule has 0 radical (unpaired) electrons. The molecule has 0 saturated heterocycles. The highest BCUT2D eigenvalue weighted by Crippen LogP contribution is 2.29. The average Bonchev–Trinajstić information content (AvgIpc) is 2.58. The van der Waals surface area contributed by atoms with Gasteiger partial charge in [-0.1, -0.05) is 29.8 Å². The largest absolute Gasteiger partial charge is 0.416 e. The molecule has 1 aromatic heterocycles. The molecule has 4 nitrogen and oxygen atoms in total. The van der Waals surface area contributed by atoms with Gasteiger partial charge in [-0.3, -0.25) is 0 Å². The molecule has 25 heavy (non-hydrogen) atoms. The summed E-state index contributed by atoms with van der Waals surface area (Å²) in [6, 6.07) is 8.55. The van der Waals surface area contributed by atoms with Crippen LogP contribution in [-0.2, 0) is 19.3 Å². The number of alkyl halides is 3. The van der Waals surface area contributed by atoms with Gasteiger partial charge in [0.25, 0.3) is 0 Å². The summed E-state index contributed by atoms with van der Waals surface area (Å²) in [5, 5.41) is 6.59. The molecule has 2 N–H and O–H groups in total. The third-order valence-electron chi connectivity index (χ3n) is 3.29. The smallest absolute Gasteiger partial charge is 0.357 e. The van der Waals surface area contributed by atoms with Crippen molar-refractivity contribution >= 4 is 17.6 Å². The fraction of sp³-hybridized carbons (Fsp3) is 0.294. The lowest BCUT2D eigenvalue weighted by atomic mass is 10.1. The minimum absolute atomic E-state index is 0.364. The Hall–Kier alpha value is -2.28. The van der Waals surface area contributed by atoms with E-state index in [0.717, 1.165) is 23.3 Å². The van der Waals surface area contributed by atoms with E-state index in [1.807, 2.05) is 13.0 Å². The van der Waals surface area contributed by atoms with Crippen molar-refractivity contribution in [1.82, 2.24) is 15.6 Å². The van der Waals surface area contributed by atoms with E-state index in [1.54, 1.807) is 12.3 Å². The maximum absolute atomic E-state index is 12.6. The van der Waals surface area contributed by atoms with Crippen LogP contribution in [0, 0.1) is 0 Å². The van der Waals surface area contributed by atoms with Crippen LogP contribution in [0.1, 0.15) is 23.6 Å². The molecule has 2 rings (SSSR count). The number of benzene rings is 1. The summed E-state index contributed by atoms with van der Waals surface area (Å²) in [5.41, 5.74) is 0.968. The minimum Gasteiger partial charge on any atom is -0.357 e. The van der Waals surface area contributed by atoms with E-state index in [9.17, 15) is 13.2 Å². The molecule has 0 saturated carbocycles. The van der Waals surface area contributed by atoms with Gasteiger partial charge in [0.2, 0.25) is 0 Å². The van der Waals surface area contributed by atoms with Crippen molar-refractivity contribution in [2.24, 2.45) is 4.99 Å². The molecule has 134 valence electrons. The van der Waals surface area contributed by atoms with E-state index in [2.05, 4.69) is 20.6 Å². The van der Waals surface area contributed by atoms with Gasteiger partial charge in [-0.2, -0.15) is 13.2 Å². The van der Waals surface area contributed by atoms with E-state index in [-0.39, 0.29) is 0 Å². The van der Waals surface area contributed by atoms with Crippen molar-refractivity contribution in [1.29, 1.82) is 0 Å². The number of halogens is 4. The number of rotatable bonds is 5. The topological polar surface area (TPSA) is 49.3 Å². The molecule has 0 unspecified atom stereocenters. The van der Waals surface area contributed by atoms with Crippen LogP contribution in [-0.4, -0.2) is 17.5 Å². The molecule has 0 fully saturated rings. The van der Waals surface area contributed by atoms with E-state index >= 15 is 0 Å². The number of guanidine groups is 1. The van der Waals surface area contributed by atoms with Crippen LogP contribution in [0.25, 0.3) is 0 Å². The zero-order valence-corrected chi connectivity index (χ0v) is 14.3. The number of hydrogen-bond acceptors (Lipinski definition) is 2. The maximum Gasteiger partial charge on any atom is 0.416 e. The van der Waals surface area contributed by atoms with Crippen LogP contribution in [0.3, 0.4) is 0 Å². The van der Waals surface area contributed by atoms with Crippen LogP contribution in [0.4, 0.5) is 13.2 Å². The van der Waals surface area contributed by atoms with Gasteiger partial charge in [0, 0.05) is 19.3 Å². The molecule has 2 aromatic rings. The third-order valence-corrected chi connectivity index (χ3v) is 3.52. The van der Waals surface area contributed by atoms with E-state index < -0.39 is 11.7 Å². The molecular formula is C17H18ClF3N4. The molecule has 0 aliphatic rings. The molecule has 1 heterocycles. The Balaban J connectivity index is 1.96. The average molecular weight is 371 g/mol. The lowest BCUT2D eigenvalue weighted by molar-refractivity contribution is -0.137. The van der Waals surface area contributed by atoms with Gasteiger partial charge in [-0.15, -0.1) is 0 Å². The second-order valence-electron chi connectivity index (χ2n) is 5.23. The first-order chi connectivity index (χ1) is 11.9. The highest BCUT2D eigenvalue weighted by atomic mass is 35.5. The monoisotopic (exact) mass is 370 g/mol. The molecule has 1 aromatic carbocycles. The number of aromatic nitrogens is 1. The lowest BCUT2D eigenvalue weighted by Gasteiger charge is -2.12. The fourth-order valence-corrected chi connectivity index (χ4v) is 2.12. The summed E-state index contributed by atoms with van der Waals surface area (Å²) in [6.45, 7) is 3.37. The Labute approximate surface area is 149 Å². The van der Waals surface area contributed by atoms with Gasteiger partial charge in [-0.25, -0.2) is 9.98 Å². The Morgan fingerprint density at radius 1 is 1.08 bits per heavy atom. The van der Waals surface area contributed by atoms with Crippen LogP contribution in [0.15, 0.2) is 47.6 Å². The predicted molar refractivity (Wildman–Crippen MR) is 92.3 cm³/mol. The molecule has 0 aliphatic heterocycles. The predicted octanol–water partition coefficient (Wildman–Crippen LogP) is 4.01. The molecule has 0 bridgehead atoms. The second kappa shape index (κ2) is 8.71. The quantitative estimate of drug-likeness (QED) is 0.475. The SMILES string of the molecule is CCNC(=NCc1ccc(Cl)nc1)NCc1ccc(C(F)(F)F)cc1. The lowest BCUT2D eigenvalue weighted by Crippen LogP contribution is -2.36. The maximum atomic E-state index is 12.6. The van der Waals surface area contributed by atoms with Crippen LogP contribution >= 0.6 is 11.6 Å². The highest BCUT2D eigenvalue weighted by Gasteiger charge is 2.29. The standard InChI is InChI=1S/C17H18ClF3N4/c1-2-22-16(25-11-13-5-8-15(18)23-10-13)24-9-12-3-6-14(7-4-12)17(19,20)21/h3-8,10H,2,9,11H2,1H3,(H2,22,24,25). The number of nitrogens with one attached hydrogen (secondary N) is 2. The summed E-state index contributed by atoms with van der Waals surface area (Å²) in [5.74, 6) is 0.567.